The van der Waals surface area contributed by atoms with Gasteiger partial charge in [0, 0.05) is 19.9 Å². The molecule has 0 aliphatic carbocycles. The smallest absolute Gasteiger partial charge is 0.202 e. The van der Waals surface area contributed by atoms with Gasteiger partial charge in [0.05, 0.1) is 6.61 Å². The van der Waals surface area contributed by atoms with Gasteiger partial charge in [-0.1, -0.05) is 0 Å². The maximum absolute atomic E-state index is 10.8. The van der Waals surface area contributed by atoms with E-state index < -0.39 is 7.37 Å². The molecule has 1 unspecified atom stereocenters. The SMILES string of the molecule is COP(C)(=O)CCO. The summed E-state index contributed by atoms with van der Waals surface area (Å²) < 4.78 is 15.4. The Morgan fingerprint density at radius 1 is 1.75 bits per heavy atom. The van der Waals surface area contributed by atoms with Crippen LogP contribution in [0.2, 0.25) is 0 Å². The minimum absolute atomic E-state index is 0.0678. The molecule has 0 fully saturated rings. The molecule has 8 heavy (non-hydrogen) atoms. The lowest BCUT2D eigenvalue weighted by Gasteiger charge is -2.06. The molecule has 0 heterocycles. The Morgan fingerprint density at radius 3 is 2.38 bits per heavy atom. The van der Waals surface area contributed by atoms with Gasteiger partial charge in [-0.2, -0.15) is 0 Å². The highest BCUT2D eigenvalue weighted by atomic mass is 31.2. The fourth-order valence-electron chi connectivity index (χ4n) is 0.273. The Morgan fingerprint density at radius 2 is 2.25 bits per heavy atom. The Hall–Kier alpha value is 0.150. The van der Waals surface area contributed by atoms with Crippen molar-refractivity contribution in [1.82, 2.24) is 0 Å². The summed E-state index contributed by atoms with van der Waals surface area (Å²) in [6, 6.07) is 0. The molecule has 0 aliphatic rings. The molecule has 0 amide bonds. The zero-order valence-corrected chi connectivity index (χ0v) is 6.02. The summed E-state index contributed by atoms with van der Waals surface area (Å²) in [4.78, 5) is 0. The van der Waals surface area contributed by atoms with Crippen molar-refractivity contribution in [1.29, 1.82) is 0 Å². The number of aliphatic hydroxyl groups is 1. The van der Waals surface area contributed by atoms with Crippen molar-refractivity contribution >= 4 is 7.37 Å². The van der Waals surface area contributed by atoms with Gasteiger partial charge in [0.25, 0.3) is 0 Å². The van der Waals surface area contributed by atoms with Crippen molar-refractivity contribution in [3.63, 3.8) is 0 Å². The number of aliphatic hydroxyl groups excluding tert-OH is 1. The van der Waals surface area contributed by atoms with E-state index in [1.807, 2.05) is 0 Å². The Balaban J connectivity index is 3.55. The molecule has 50 valence electrons. The van der Waals surface area contributed by atoms with E-state index in [0.717, 1.165) is 0 Å². The van der Waals surface area contributed by atoms with Crippen LogP contribution in [0.15, 0.2) is 0 Å². The first-order valence-corrected chi connectivity index (χ1v) is 4.61. The maximum Gasteiger partial charge on any atom is 0.202 e. The lowest BCUT2D eigenvalue weighted by atomic mass is 10.9. The van der Waals surface area contributed by atoms with E-state index in [0.29, 0.717) is 0 Å². The molecule has 0 bridgehead atoms. The van der Waals surface area contributed by atoms with Crippen molar-refractivity contribution in [2.24, 2.45) is 0 Å². The van der Waals surface area contributed by atoms with Crippen LogP contribution in [0.25, 0.3) is 0 Å². The zero-order valence-electron chi connectivity index (χ0n) is 5.13. The topological polar surface area (TPSA) is 46.5 Å². The minimum atomic E-state index is -2.42. The van der Waals surface area contributed by atoms with E-state index in [9.17, 15) is 4.57 Å². The molecule has 1 atom stereocenters. The molecule has 4 heteroatoms. The summed E-state index contributed by atoms with van der Waals surface area (Å²) in [6.45, 7) is 1.44. The van der Waals surface area contributed by atoms with Gasteiger partial charge in [0.2, 0.25) is 7.37 Å². The monoisotopic (exact) mass is 138 g/mol. The molecule has 0 saturated heterocycles. The van der Waals surface area contributed by atoms with Crippen LogP contribution >= 0.6 is 7.37 Å². The number of hydrogen-bond acceptors (Lipinski definition) is 3. The maximum atomic E-state index is 10.8. The highest BCUT2D eigenvalue weighted by Gasteiger charge is 2.10. The third-order valence-electron chi connectivity index (χ3n) is 0.892. The molecule has 0 aliphatic heterocycles. The Bertz CT molecular complexity index is 101. The van der Waals surface area contributed by atoms with Gasteiger partial charge < -0.3 is 9.63 Å². The van der Waals surface area contributed by atoms with Crippen molar-refractivity contribution in [3.05, 3.63) is 0 Å². The lowest BCUT2D eigenvalue weighted by molar-refractivity contribution is 0.309. The molecule has 1 N–H and O–H groups in total. The highest BCUT2D eigenvalue weighted by molar-refractivity contribution is 7.58. The molecule has 3 nitrogen and oxygen atoms in total. The van der Waals surface area contributed by atoms with Crippen LogP contribution in [-0.4, -0.2) is 31.6 Å². The molecule has 0 aromatic heterocycles. The van der Waals surface area contributed by atoms with Crippen LogP contribution in [0.4, 0.5) is 0 Å². The first-order valence-electron chi connectivity index (χ1n) is 2.35. The van der Waals surface area contributed by atoms with Gasteiger partial charge in [-0.3, -0.25) is 4.57 Å². The lowest BCUT2D eigenvalue weighted by Crippen LogP contribution is -1.94. The number of rotatable bonds is 3. The predicted octanol–water partition coefficient (Wildman–Crippen LogP) is 0.533. The quantitative estimate of drug-likeness (QED) is 0.578. The Labute approximate surface area is 49.1 Å². The standard InChI is InChI=1S/C4H11O3P/c1-7-8(2,6)4-3-5/h5H,3-4H2,1-2H3. The van der Waals surface area contributed by atoms with Crippen molar-refractivity contribution < 1.29 is 14.2 Å². The van der Waals surface area contributed by atoms with Crippen molar-refractivity contribution in [3.8, 4) is 0 Å². The third-order valence-corrected chi connectivity index (χ3v) is 2.68. The van der Waals surface area contributed by atoms with Crippen LogP contribution < -0.4 is 0 Å². The second-order valence-electron chi connectivity index (χ2n) is 1.64. The first-order chi connectivity index (χ1) is 3.62. The first kappa shape index (κ1) is 8.15. The molecular weight excluding hydrogens is 127 g/mol. The summed E-state index contributed by atoms with van der Waals surface area (Å²) in [5.74, 6) is 0. The summed E-state index contributed by atoms with van der Waals surface area (Å²) in [5, 5.41) is 8.28. The largest absolute Gasteiger partial charge is 0.396 e. The second-order valence-corrected chi connectivity index (χ2v) is 4.48. The van der Waals surface area contributed by atoms with Gasteiger partial charge in [-0.05, 0) is 0 Å². The molecule has 0 rings (SSSR count). The van der Waals surface area contributed by atoms with Crippen molar-refractivity contribution in [2.75, 3.05) is 26.5 Å². The van der Waals surface area contributed by atoms with E-state index in [1.54, 1.807) is 0 Å². The van der Waals surface area contributed by atoms with Gasteiger partial charge in [0.15, 0.2) is 0 Å². The van der Waals surface area contributed by atoms with Gasteiger partial charge in [0.1, 0.15) is 0 Å². The third kappa shape index (κ3) is 3.19. The average molecular weight is 138 g/mol. The van der Waals surface area contributed by atoms with Gasteiger partial charge >= 0.3 is 0 Å². The summed E-state index contributed by atoms with van der Waals surface area (Å²) in [7, 11) is -1.04. The van der Waals surface area contributed by atoms with Crippen LogP contribution in [0, 0.1) is 0 Å². The average Bonchev–Trinajstić information content (AvgIpc) is 1.67. The van der Waals surface area contributed by atoms with E-state index in [2.05, 4.69) is 4.52 Å². The molecule has 0 aromatic rings. The van der Waals surface area contributed by atoms with E-state index in [-0.39, 0.29) is 12.8 Å². The minimum Gasteiger partial charge on any atom is -0.396 e. The molecule has 0 saturated carbocycles. The van der Waals surface area contributed by atoms with Crippen molar-refractivity contribution in [2.45, 2.75) is 0 Å². The summed E-state index contributed by atoms with van der Waals surface area (Å²) >= 11 is 0. The van der Waals surface area contributed by atoms with Gasteiger partial charge in [-0.15, -0.1) is 0 Å². The van der Waals surface area contributed by atoms with Gasteiger partial charge in [-0.25, -0.2) is 0 Å². The molecule has 0 aromatic carbocycles. The summed E-state index contributed by atoms with van der Waals surface area (Å²) in [5.41, 5.74) is 0. The molecule has 0 spiro atoms. The zero-order chi connectivity index (χ0) is 6.62. The van der Waals surface area contributed by atoms with Crippen LogP contribution in [0.3, 0.4) is 0 Å². The fraction of sp³-hybridized carbons (Fsp3) is 1.00. The molecule has 0 radical (unpaired) electrons. The van der Waals surface area contributed by atoms with E-state index in [4.69, 9.17) is 5.11 Å². The van der Waals surface area contributed by atoms with Crippen LogP contribution in [0.5, 0.6) is 0 Å². The normalized spacial score (nSPS) is 17.9. The van der Waals surface area contributed by atoms with E-state index >= 15 is 0 Å². The van der Waals surface area contributed by atoms with E-state index in [1.165, 1.54) is 13.8 Å². The second kappa shape index (κ2) is 3.23. The number of hydrogen-bond donors (Lipinski definition) is 1. The Kier molecular flexibility index (Phi) is 3.29. The summed E-state index contributed by atoms with van der Waals surface area (Å²) in [6.07, 6.45) is 0.253. The molecular formula is C4H11O3P. The highest BCUT2D eigenvalue weighted by Crippen LogP contribution is 2.40. The van der Waals surface area contributed by atoms with Crippen LogP contribution in [0.1, 0.15) is 0 Å². The fourth-order valence-corrected chi connectivity index (χ4v) is 0.819. The van der Waals surface area contributed by atoms with Crippen LogP contribution in [-0.2, 0) is 9.09 Å². The predicted molar refractivity (Wildman–Crippen MR) is 32.5 cm³/mol.